The van der Waals surface area contributed by atoms with E-state index in [1.54, 1.807) is 6.07 Å². The van der Waals surface area contributed by atoms with Gasteiger partial charge in [0.2, 0.25) is 18.6 Å². The fourth-order valence-corrected chi connectivity index (χ4v) is 8.99. The van der Waals surface area contributed by atoms with Crippen LogP contribution in [0, 0.1) is 29.1 Å². The van der Waals surface area contributed by atoms with Crippen molar-refractivity contribution in [1.29, 1.82) is 5.26 Å². The van der Waals surface area contributed by atoms with Crippen LogP contribution in [0.2, 0.25) is 0 Å². The van der Waals surface area contributed by atoms with E-state index in [1.165, 1.54) is 16.2 Å². The molecule has 43 heavy (non-hydrogen) atoms. The second-order valence-electron chi connectivity index (χ2n) is 11.5. The lowest BCUT2D eigenvalue weighted by Crippen LogP contribution is -2.42. The highest BCUT2D eigenvalue weighted by atomic mass is 32.1. The summed E-state index contributed by atoms with van der Waals surface area (Å²) in [5, 5.41) is 12.4. The number of hydrogen-bond acceptors (Lipinski definition) is 8. The first-order valence-corrected chi connectivity index (χ1v) is 15.1. The summed E-state index contributed by atoms with van der Waals surface area (Å²) in [6.07, 6.45) is 4.50. The lowest BCUT2D eigenvalue weighted by molar-refractivity contribution is -0.142. The minimum Gasteiger partial charge on any atom is -0.454 e. The lowest BCUT2D eigenvalue weighted by Gasteiger charge is -2.38. The van der Waals surface area contributed by atoms with E-state index in [0.717, 1.165) is 51.6 Å². The Kier molecular flexibility index (Phi) is 5.03. The van der Waals surface area contributed by atoms with E-state index in [2.05, 4.69) is 6.07 Å². The van der Waals surface area contributed by atoms with Crippen LogP contribution >= 0.6 is 11.3 Å². The zero-order chi connectivity index (χ0) is 29.0. The third-order valence-corrected chi connectivity index (χ3v) is 10.8. The maximum atomic E-state index is 14.5. The molecular weight excluding hydrogens is 564 g/mol. The first-order valence-electron chi connectivity index (χ1n) is 14.3. The molecule has 5 aliphatic rings. The van der Waals surface area contributed by atoms with Crippen molar-refractivity contribution in [2.75, 3.05) is 11.7 Å². The van der Waals surface area contributed by atoms with E-state index in [-0.39, 0.29) is 6.79 Å². The number of carbonyl (C=O) groups excluding carboxylic acids is 3. The zero-order valence-corrected chi connectivity index (χ0v) is 23.5. The highest BCUT2D eigenvalue weighted by molar-refractivity contribution is 7.17. The normalized spacial score (nSPS) is 24.7. The van der Waals surface area contributed by atoms with Gasteiger partial charge >= 0.3 is 5.97 Å². The number of aryl methyl sites for hydroxylation is 1. The van der Waals surface area contributed by atoms with Gasteiger partial charge in [0.15, 0.2) is 11.5 Å². The van der Waals surface area contributed by atoms with Crippen molar-refractivity contribution >= 4 is 50.5 Å². The number of imide groups is 1. The third-order valence-electron chi connectivity index (χ3n) is 9.48. The SMILES string of the molecule is N#Cc1c(N2C(=O)[C@@H]3[C@@H]4C(=O)Oc5ccc6ccccc6c5C4=C[C@@H](c4ccc5c(c4)OCO5)[C@H]3C2=O)sc2c1CCC2. The maximum absolute atomic E-state index is 14.5. The average molecular weight is 587 g/mol. The number of benzene rings is 3. The van der Waals surface area contributed by atoms with Crippen LogP contribution in [-0.2, 0) is 27.2 Å². The molecule has 8 nitrogen and oxygen atoms in total. The maximum Gasteiger partial charge on any atom is 0.319 e. The van der Waals surface area contributed by atoms with E-state index in [1.807, 2.05) is 54.6 Å². The Morgan fingerprint density at radius 1 is 0.907 bits per heavy atom. The summed E-state index contributed by atoms with van der Waals surface area (Å²) in [4.78, 5) is 45.0. The average Bonchev–Trinajstić information content (AvgIpc) is 3.79. The van der Waals surface area contributed by atoms with Crippen molar-refractivity contribution in [3.05, 3.63) is 87.8 Å². The molecule has 9 heteroatoms. The van der Waals surface area contributed by atoms with Crippen LogP contribution in [0.3, 0.4) is 0 Å². The number of ether oxygens (including phenoxy) is 3. The van der Waals surface area contributed by atoms with E-state index in [4.69, 9.17) is 14.2 Å². The molecule has 1 saturated heterocycles. The molecule has 0 saturated carbocycles. The number of rotatable bonds is 2. The number of fused-ring (bicyclic) bond motifs is 9. The van der Waals surface area contributed by atoms with Gasteiger partial charge in [-0.25, -0.2) is 4.90 Å². The number of hydrogen-bond donors (Lipinski definition) is 0. The number of amides is 2. The van der Waals surface area contributed by atoms with Crippen LogP contribution in [0.1, 0.15) is 39.5 Å². The first-order chi connectivity index (χ1) is 21.0. The van der Waals surface area contributed by atoms with Crippen molar-refractivity contribution in [3.8, 4) is 23.3 Å². The van der Waals surface area contributed by atoms with Crippen molar-refractivity contribution in [2.24, 2.45) is 17.8 Å². The monoisotopic (exact) mass is 586 g/mol. The fourth-order valence-electron chi connectivity index (χ4n) is 7.64. The van der Waals surface area contributed by atoms with Gasteiger partial charge in [-0.05, 0) is 64.9 Å². The molecular formula is C34H22N2O6S. The Labute approximate surface area is 249 Å². The molecule has 1 fully saturated rings. The number of nitrogens with zero attached hydrogens (tertiary/aromatic N) is 2. The van der Waals surface area contributed by atoms with Crippen molar-refractivity contribution in [1.82, 2.24) is 0 Å². The molecule has 3 aromatic carbocycles. The predicted molar refractivity (Wildman–Crippen MR) is 157 cm³/mol. The predicted octanol–water partition coefficient (Wildman–Crippen LogP) is 5.51. The van der Waals surface area contributed by atoms with Crippen LogP contribution in [-0.4, -0.2) is 24.6 Å². The quantitative estimate of drug-likeness (QED) is 0.173. The van der Waals surface area contributed by atoms with Crippen molar-refractivity contribution in [3.63, 3.8) is 0 Å². The molecule has 4 aromatic rings. The second kappa shape index (κ2) is 8.79. The van der Waals surface area contributed by atoms with Gasteiger partial charge in [-0.15, -0.1) is 11.3 Å². The van der Waals surface area contributed by atoms with Gasteiger partial charge in [-0.2, -0.15) is 5.26 Å². The smallest absolute Gasteiger partial charge is 0.319 e. The van der Waals surface area contributed by atoms with E-state index in [9.17, 15) is 19.6 Å². The molecule has 0 spiro atoms. The topological polar surface area (TPSA) is 106 Å². The highest BCUT2D eigenvalue weighted by Gasteiger charge is 2.61. The number of allylic oxidation sites excluding steroid dienone is 1. The van der Waals surface area contributed by atoms with E-state index >= 15 is 0 Å². The van der Waals surface area contributed by atoms with Gasteiger partial charge in [-0.3, -0.25) is 14.4 Å². The van der Waals surface area contributed by atoms with E-state index in [0.29, 0.717) is 33.4 Å². The first kappa shape index (κ1) is 24.6. The van der Waals surface area contributed by atoms with Gasteiger partial charge < -0.3 is 14.2 Å². The molecule has 210 valence electrons. The summed E-state index contributed by atoms with van der Waals surface area (Å²) in [6.45, 7) is 0.106. The summed E-state index contributed by atoms with van der Waals surface area (Å²) in [5.41, 5.74) is 3.56. The number of carbonyl (C=O) groups is 3. The molecule has 4 atom stereocenters. The molecule has 0 N–H and O–H groups in total. The Balaban J connectivity index is 1.27. The molecule has 2 aliphatic carbocycles. The van der Waals surface area contributed by atoms with Crippen LogP contribution in [0.15, 0.2) is 60.7 Å². The number of esters is 1. The molecule has 2 amide bonds. The Morgan fingerprint density at radius 3 is 2.60 bits per heavy atom. The minimum absolute atomic E-state index is 0.106. The summed E-state index contributed by atoms with van der Waals surface area (Å²) < 4.78 is 17.1. The van der Waals surface area contributed by atoms with Gasteiger partial charge in [-0.1, -0.05) is 42.5 Å². The van der Waals surface area contributed by atoms with Gasteiger partial charge in [0.25, 0.3) is 0 Å². The molecule has 4 heterocycles. The van der Waals surface area contributed by atoms with Gasteiger partial charge in [0.05, 0.1) is 23.3 Å². The lowest BCUT2D eigenvalue weighted by atomic mass is 9.64. The highest BCUT2D eigenvalue weighted by Crippen LogP contribution is 2.57. The number of anilines is 1. The van der Waals surface area contributed by atoms with Gasteiger partial charge in [0, 0.05) is 16.4 Å². The fraction of sp³-hybridized carbons (Fsp3) is 0.235. The standard InChI is InChI=1S/C34H22N2O6S/c35-14-22-19-6-3-7-26(19)43-33(22)36-31(37)28-20(17-9-10-23-25(12-17)41-15-40-23)13-21-27-18-5-2-1-4-16(18)8-11-24(27)42-34(39)29(21)30(28)32(36)38/h1-2,4-5,8-13,20,28-30H,3,6-7,15H2/t20-,28+,29+,30-/m0/s1. The molecule has 1 aromatic heterocycles. The summed E-state index contributed by atoms with van der Waals surface area (Å²) in [6, 6.07) is 19.4. The second-order valence-corrected chi connectivity index (χ2v) is 12.6. The Bertz CT molecular complexity index is 2040. The molecule has 9 rings (SSSR count). The number of nitriles is 1. The molecule has 0 radical (unpaired) electrons. The third kappa shape index (κ3) is 3.27. The zero-order valence-electron chi connectivity index (χ0n) is 22.7. The molecule has 0 unspecified atom stereocenters. The van der Waals surface area contributed by atoms with Gasteiger partial charge in [0.1, 0.15) is 16.8 Å². The summed E-state index contributed by atoms with van der Waals surface area (Å²) in [7, 11) is 0. The van der Waals surface area contributed by atoms with Crippen LogP contribution < -0.4 is 19.1 Å². The number of thiophene rings is 1. The molecule has 0 bridgehead atoms. The van der Waals surface area contributed by atoms with Crippen LogP contribution in [0.25, 0.3) is 16.3 Å². The van der Waals surface area contributed by atoms with Crippen molar-refractivity contribution in [2.45, 2.75) is 25.2 Å². The van der Waals surface area contributed by atoms with Crippen molar-refractivity contribution < 1.29 is 28.6 Å². The minimum atomic E-state index is -0.994. The Morgan fingerprint density at radius 2 is 1.72 bits per heavy atom. The summed E-state index contributed by atoms with van der Waals surface area (Å²) in [5.74, 6) is -3.17. The summed E-state index contributed by atoms with van der Waals surface area (Å²) >= 11 is 1.35. The van der Waals surface area contributed by atoms with Crippen LogP contribution in [0.5, 0.6) is 17.2 Å². The Hall–Kier alpha value is -4.94. The largest absolute Gasteiger partial charge is 0.454 e. The van der Waals surface area contributed by atoms with E-state index < -0.39 is 41.5 Å². The van der Waals surface area contributed by atoms with Crippen LogP contribution in [0.4, 0.5) is 5.00 Å². The molecule has 3 aliphatic heterocycles.